The van der Waals surface area contributed by atoms with E-state index in [0.29, 0.717) is 17.7 Å². The number of halogens is 3. The van der Waals surface area contributed by atoms with Crippen LogP contribution in [0.25, 0.3) is 0 Å². The molecule has 0 saturated carbocycles. The fraction of sp³-hybridized carbons (Fsp3) is 0.200. The van der Waals surface area contributed by atoms with Crippen LogP contribution in [0.15, 0.2) is 36.4 Å². The second-order valence-electron chi connectivity index (χ2n) is 4.58. The Bertz CT molecular complexity index is 617. The molecule has 0 aliphatic carbocycles. The van der Waals surface area contributed by atoms with E-state index >= 15 is 0 Å². The Labute approximate surface area is 121 Å². The molecule has 1 unspecified atom stereocenters. The molecule has 2 N–H and O–H groups in total. The van der Waals surface area contributed by atoms with E-state index in [1.807, 2.05) is 0 Å². The lowest BCUT2D eigenvalue weighted by molar-refractivity contribution is 0.459. The Kier molecular flexibility index (Phi) is 4.57. The first kappa shape index (κ1) is 14.8. The summed E-state index contributed by atoms with van der Waals surface area (Å²) in [5.74, 6) is -0.406. The summed E-state index contributed by atoms with van der Waals surface area (Å²) in [6.45, 7) is 1.78. The molecule has 0 aromatic heterocycles. The van der Waals surface area contributed by atoms with Crippen LogP contribution in [0, 0.1) is 11.6 Å². The standard InChI is InChI=1S/C15H14ClF2NO/c1-9(19)7-11-13(17)3-2-4-15(11)20-10-5-6-12(16)14(18)8-10/h2-6,8-9H,7,19H2,1H3. The molecular formula is C15H14ClF2NO. The van der Waals surface area contributed by atoms with Gasteiger partial charge in [0, 0.05) is 17.7 Å². The summed E-state index contributed by atoms with van der Waals surface area (Å²) in [5.41, 5.74) is 6.07. The van der Waals surface area contributed by atoms with Gasteiger partial charge in [-0.25, -0.2) is 8.78 Å². The summed E-state index contributed by atoms with van der Waals surface area (Å²) in [6.07, 6.45) is 0.331. The highest BCUT2D eigenvalue weighted by Gasteiger charge is 2.13. The molecule has 1 atom stereocenters. The van der Waals surface area contributed by atoms with Crippen molar-refractivity contribution in [3.05, 3.63) is 58.6 Å². The third kappa shape index (κ3) is 3.46. The van der Waals surface area contributed by atoms with Crippen molar-refractivity contribution >= 4 is 11.6 Å². The lowest BCUT2D eigenvalue weighted by atomic mass is 10.1. The van der Waals surface area contributed by atoms with Gasteiger partial charge in [0.15, 0.2) is 0 Å². The first-order valence-corrected chi connectivity index (χ1v) is 6.51. The zero-order valence-electron chi connectivity index (χ0n) is 10.9. The molecule has 20 heavy (non-hydrogen) atoms. The van der Waals surface area contributed by atoms with Crippen LogP contribution in [0.2, 0.25) is 5.02 Å². The molecule has 0 bridgehead atoms. The molecular weight excluding hydrogens is 284 g/mol. The SMILES string of the molecule is CC(N)Cc1c(F)cccc1Oc1ccc(Cl)c(F)c1. The zero-order valence-corrected chi connectivity index (χ0v) is 11.6. The second-order valence-corrected chi connectivity index (χ2v) is 4.98. The number of rotatable bonds is 4. The number of hydrogen-bond acceptors (Lipinski definition) is 2. The maximum atomic E-state index is 13.8. The van der Waals surface area contributed by atoms with Crippen molar-refractivity contribution in [1.29, 1.82) is 0 Å². The molecule has 0 amide bonds. The summed E-state index contributed by atoms with van der Waals surface area (Å²) in [5, 5.41) is 0.00685. The van der Waals surface area contributed by atoms with Gasteiger partial charge in [-0.3, -0.25) is 0 Å². The van der Waals surface area contributed by atoms with Crippen molar-refractivity contribution in [3.63, 3.8) is 0 Å². The summed E-state index contributed by atoms with van der Waals surface area (Å²) >= 11 is 5.60. The number of nitrogens with two attached hydrogens (primary N) is 1. The third-order valence-electron chi connectivity index (χ3n) is 2.72. The zero-order chi connectivity index (χ0) is 14.7. The molecule has 0 radical (unpaired) electrons. The van der Waals surface area contributed by atoms with E-state index in [1.165, 1.54) is 24.3 Å². The van der Waals surface area contributed by atoms with Crippen molar-refractivity contribution in [2.45, 2.75) is 19.4 Å². The van der Waals surface area contributed by atoms with E-state index in [1.54, 1.807) is 13.0 Å². The first-order chi connectivity index (χ1) is 9.47. The summed E-state index contributed by atoms with van der Waals surface area (Å²) < 4.78 is 32.7. The molecule has 2 aromatic rings. The minimum absolute atomic E-state index is 0.00685. The normalized spacial score (nSPS) is 12.2. The van der Waals surface area contributed by atoms with Gasteiger partial charge in [-0.2, -0.15) is 0 Å². The maximum absolute atomic E-state index is 13.8. The topological polar surface area (TPSA) is 35.2 Å². The van der Waals surface area contributed by atoms with E-state index in [9.17, 15) is 8.78 Å². The third-order valence-corrected chi connectivity index (χ3v) is 3.03. The van der Waals surface area contributed by atoms with Crippen molar-refractivity contribution < 1.29 is 13.5 Å². The molecule has 0 saturated heterocycles. The average molecular weight is 298 g/mol. The quantitative estimate of drug-likeness (QED) is 0.913. The van der Waals surface area contributed by atoms with E-state index in [2.05, 4.69) is 0 Å². The van der Waals surface area contributed by atoms with Gasteiger partial charge >= 0.3 is 0 Å². The molecule has 0 heterocycles. The number of ether oxygens (including phenoxy) is 1. The summed E-state index contributed by atoms with van der Waals surface area (Å²) in [6, 6.07) is 8.34. The van der Waals surface area contributed by atoms with Crippen LogP contribution in [0.1, 0.15) is 12.5 Å². The Morgan fingerprint density at radius 3 is 2.60 bits per heavy atom. The Morgan fingerprint density at radius 2 is 1.95 bits per heavy atom. The molecule has 0 aliphatic heterocycles. The van der Waals surface area contributed by atoms with Gasteiger partial charge in [0.05, 0.1) is 5.02 Å². The van der Waals surface area contributed by atoms with Crippen molar-refractivity contribution in [2.75, 3.05) is 0 Å². The molecule has 2 rings (SSSR count). The Morgan fingerprint density at radius 1 is 1.20 bits per heavy atom. The van der Waals surface area contributed by atoms with Crippen LogP contribution in [0.3, 0.4) is 0 Å². The van der Waals surface area contributed by atoms with Crippen LogP contribution in [0.5, 0.6) is 11.5 Å². The van der Waals surface area contributed by atoms with Crippen LogP contribution >= 0.6 is 11.6 Å². The lowest BCUT2D eigenvalue weighted by Gasteiger charge is -2.13. The van der Waals surface area contributed by atoms with E-state index in [4.69, 9.17) is 22.1 Å². The summed E-state index contributed by atoms with van der Waals surface area (Å²) in [7, 11) is 0. The number of benzene rings is 2. The summed E-state index contributed by atoms with van der Waals surface area (Å²) in [4.78, 5) is 0. The fourth-order valence-corrected chi connectivity index (χ4v) is 1.94. The van der Waals surface area contributed by atoms with Gasteiger partial charge in [0.1, 0.15) is 23.1 Å². The molecule has 0 spiro atoms. The van der Waals surface area contributed by atoms with Crippen molar-refractivity contribution in [2.24, 2.45) is 5.73 Å². The van der Waals surface area contributed by atoms with Gasteiger partial charge in [-0.15, -0.1) is 0 Å². The molecule has 106 valence electrons. The smallest absolute Gasteiger partial charge is 0.145 e. The number of hydrogen-bond donors (Lipinski definition) is 1. The van der Waals surface area contributed by atoms with Crippen molar-refractivity contribution in [1.82, 2.24) is 0 Å². The molecule has 2 aromatic carbocycles. The van der Waals surface area contributed by atoms with Crippen LogP contribution in [0.4, 0.5) is 8.78 Å². The van der Waals surface area contributed by atoms with E-state index in [-0.39, 0.29) is 16.8 Å². The highest BCUT2D eigenvalue weighted by atomic mass is 35.5. The first-order valence-electron chi connectivity index (χ1n) is 6.13. The average Bonchev–Trinajstić information content (AvgIpc) is 2.38. The predicted octanol–water partition coefficient (Wildman–Crippen LogP) is 4.30. The van der Waals surface area contributed by atoms with Crippen LogP contribution in [-0.4, -0.2) is 6.04 Å². The molecule has 2 nitrogen and oxygen atoms in total. The van der Waals surface area contributed by atoms with Crippen LogP contribution in [-0.2, 0) is 6.42 Å². The van der Waals surface area contributed by atoms with Crippen molar-refractivity contribution in [3.8, 4) is 11.5 Å². The second kappa shape index (κ2) is 6.20. The minimum atomic E-state index is -0.589. The minimum Gasteiger partial charge on any atom is -0.457 e. The Hall–Kier alpha value is -1.65. The predicted molar refractivity (Wildman–Crippen MR) is 75.2 cm³/mol. The molecule has 0 aliphatic rings. The Balaban J connectivity index is 2.32. The van der Waals surface area contributed by atoms with E-state index < -0.39 is 11.6 Å². The maximum Gasteiger partial charge on any atom is 0.145 e. The van der Waals surface area contributed by atoms with Gasteiger partial charge in [-0.05, 0) is 37.6 Å². The van der Waals surface area contributed by atoms with E-state index in [0.717, 1.165) is 6.07 Å². The lowest BCUT2D eigenvalue weighted by Crippen LogP contribution is -2.19. The fourth-order valence-electron chi connectivity index (χ4n) is 1.82. The monoisotopic (exact) mass is 297 g/mol. The van der Waals surface area contributed by atoms with Gasteiger partial charge in [0.2, 0.25) is 0 Å². The molecule has 5 heteroatoms. The largest absolute Gasteiger partial charge is 0.457 e. The highest BCUT2D eigenvalue weighted by Crippen LogP contribution is 2.29. The highest BCUT2D eigenvalue weighted by molar-refractivity contribution is 6.30. The van der Waals surface area contributed by atoms with Gasteiger partial charge in [0.25, 0.3) is 0 Å². The molecule has 0 fully saturated rings. The van der Waals surface area contributed by atoms with Gasteiger partial charge in [-0.1, -0.05) is 17.7 Å². The van der Waals surface area contributed by atoms with Gasteiger partial charge < -0.3 is 10.5 Å². The van der Waals surface area contributed by atoms with Crippen LogP contribution < -0.4 is 10.5 Å².